The summed E-state index contributed by atoms with van der Waals surface area (Å²) in [6.07, 6.45) is 2.66. The second-order valence-corrected chi connectivity index (χ2v) is 5.69. The quantitative estimate of drug-likeness (QED) is 0.910. The molecule has 1 saturated carbocycles. The van der Waals surface area contributed by atoms with Crippen LogP contribution in [0, 0.1) is 0 Å². The van der Waals surface area contributed by atoms with Crippen molar-refractivity contribution in [1.29, 1.82) is 0 Å². The van der Waals surface area contributed by atoms with E-state index in [4.69, 9.17) is 26.8 Å². The molecule has 1 unspecified atom stereocenters. The van der Waals surface area contributed by atoms with Crippen LogP contribution in [-0.4, -0.2) is 13.2 Å². The lowest BCUT2D eigenvalue weighted by Gasteiger charge is -2.17. The van der Waals surface area contributed by atoms with Gasteiger partial charge in [-0.05, 0) is 42.7 Å². The first kappa shape index (κ1) is 14.2. The Morgan fingerprint density at radius 1 is 1.19 bits per heavy atom. The molecule has 1 aliphatic carbocycles. The molecule has 3 rings (SSSR count). The maximum absolute atomic E-state index is 6.38. The van der Waals surface area contributed by atoms with Crippen molar-refractivity contribution in [2.24, 2.45) is 5.73 Å². The topological polar surface area (TPSA) is 44.5 Å². The first-order chi connectivity index (χ1) is 10.2. The number of hydrogen-bond donors (Lipinski definition) is 1. The molecular formula is C17H18ClNO2. The van der Waals surface area contributed by atoms with E-state index in [2.05, 4.69) is 0 Å². The van der Waals surface area contributed by atoms with Gasteiger partial charge in [0.1, 0.15) is 11.5 Å². The van der Waals surface area contributed by atoms with Crippen molar-refractivity contribution in [3.63, 3.8) is 0 Å². The lowest BCUT2D eigenvalue weighted by molar-refractivity contribution is 0.303. The molecular weight excluding hydrogens is 286 g/mol. The van der Waals surface area contributed by atoms with Crippen molar-refractivity contribution in [2.45, 2.75) is 25.0 Å². The number of ether oxygens (including phenoxy) is 2. The fourth-order valence-electron chi connectivity index (χ4n) is 2.28. The third-order valence-corrected chi connectivity index (χ3v) is 3.81. The van der Waals surface area contributed by atoms with Crippen LogP contribution < -0.4 is 15.2 Å². The van der Waals surface area contributed by atoms with E-state index in [1.807, 2.05) is 36.4 Å². The molecule has 2 aromatic carbocycles. The molecule has 21 heavy (non-hydrogen) atoms. The van der Waals surface area contributed by atoms with E-state index in [1.165, 1.54) is 0 Å². The lowest BCUT2D eigenvalue weighted by Crippen LogP contribution is -2.13. The zero-order valence-corrected chi connectivity index (χ0v) is 12.6. The Kier molecular flexibility index (Phi) is 4.04. The molecule has 0 aliphatic heterocycles. The number of rotatable bonds is 5. The number of benzene rings is 2. The van der Waals surface area contributed by atoms with Crippen molar-refractivity contribution >= 4 is 11.6 Å². The van der Waals surface area contributed by atoms with Crippen LogP contribution in [0.4, 0.5) is 0 Å². The van der Waals surface area contributed by atoms with E-state index in [9.17, 15) is 0 Å². The summed E-state index contributed by atoms with van der Waals surface area (Å²) in [7, 11) is 1.62. The van der Waals surface area contributed by atoms with Gasteiger partial charge in [-0.2, -0.15) is 0 Å². The molecule has 0 saturated heterocycles. The SMILES string of the molecule is COc1cc(Cl)ccc1C(N)c1cccc(OC2CC2)c1. The predicted octanol–water partition coefficient (Wildman–Crippen LogP) is 3.94. The van der Waals surface area contributed by atoms with Crippen molar-refractivity contribution in [3.05, 3.63) is 58.6 Å². The summed E-state index contributed by atoms with van der Waals surface area (Å²) in [5.74, 6) is 1.57. The van der Waals surface area contributed by atoms with Gasteiger partial charge in [-0.3, -0.25) is 0 Å². The molecule has 4 heteroatoms. The van der Waals surface area contributed by atoms with Gasteiger partial charge in [0.2, 0.25) is 0 Å². The average molecular weight is 304 g/mol. The van der Waals surface area contributed by atoms with Crippen molar-refractivity contribution in [3.8, 4) is 11.5 Å². The van der Waals surface area contributed by atoms with Crippen molar-refractivity contribution in [1.82, 2.24) is 0 Å². The minimum Gasteiger partial charge on any atom is -0.496 e. The third-order valence-electron chi connectivity index (χ3n) is 3.57. The van der Waals surface area contributed by atoms with E-state index in [1.54, 1.807) is 13.2 Å². The molecule has 110 valence electrons. The Morgan fingerprint density at radius 3 is 2.71 bits per heavy atom. The summed E-state index contributed by atoms with van der Waals surface area (Å²) < 4.78 is 11.2. The first-order valence-electron chi connectivity index (χ1n) is 7.03. The normalized spacial score (nSPS) is 15.6. The molecule has 1 fully saturated rings. The fraction of sp³-hybridized carbons (Fsp3) is 0.294. The summed E-state index contributed by atoms with van der Waals surface area (Å²) >= 11 is 5.99. The van der Waals surface area contributed by atoms with Crippen LogP contribution in [0.2, 0.25) is 5.02 Å². The highest BCUT2D eigenvalue weighted by atomic mass is 35.5. The first-order valence-corrected chi connectivity index (χ1v) is 7.41. The van der Waals surface area contributed by atoms with Gasteiger partial charge in [-0.1, -0.05) is 29.8 Å². The standard InChI is InChI=1S/C17H18ClNO2/c1-20-16-10-12(18)5-8-15(16)17(19)11-3-2-4-14(9-11)21-13-6-7-13/h2-5,8-10,13,17H,6-7,19H2,1H3. The molecule has 0 aromatic heterocycles. The molecule has 3 nitrogen and oxygen atoms in total. The Balaban J connectivity index is 1.88. The molecule has 0 amide bonds. The Bertz CT molecular complexity index is 640. The van der Waals surface area contributed by atoms with Gasteiger partial charge >= 0.3 is 0 Å². The van der Waals surface area contributed by atoms with Gasteiger partial charge in [0, 0.05) is 10.6 Å². The average Bonchev–Trinajstić information content (AvgIpc) is 3.30. The minimum atomic E-state index is -0.278. The van der Waals surface area contributed by atoms with Crippen LogP contribution in [0.5, 0.6) is 11.5 Å². The Labute approximate surface area is 129 Å². The largest absolute Gasteiger partial charge is 0.496 e. The van der Waals surface area contributed by atoms with Gasteiger partial charge in [0.05, 0.1) is 19.3 Å². The molecule has 0 heterocycles. The van der Waals surface area contributed by atoms with Crippen LogP contribution in [0.1, 0.15) is 30.0 Å². The number of halogens is 1. The van der Waals surface area contributed by atoms with E-state index in [0.717, 1.165) is 29.7 Å². The smallest absolute Gasteiger partial charge is 0.125 e. The monoisotopic (exact) mass is 303 g/mol. The number of methoxy groups -OCH3 is 1. The number of nitrogens with two attached hydrogens (primary N) is 1. The highest BCUT2D eigenvalue weighted by molar-refractivity contribution is 6.30. The minimum absolute atomic E-state index is 0.278. The lowest BCUT2D eigenvalue weighted by atomic mass is 9.98. The number of hydrogen-bond acceptors (Lipinski definition) is 3. The zero-order valence-electron chi connectivity index (χ0n) is 11.9. The summed E-state index contributed by atoms with van der Waals surface area (Å²) in [5, 5.41) is 0.633. The van der Waals surface area contributed by atoms with Crippen LogP contribution in [0.25, 0.3) is 0 Å². The molecule has 1 aliphatic rings. The highest BCUT2D eigenvalue weighted by Gasteiger charge is 2.24. The van der Waals surface area contributed by atoms with Gasteiger partial charge in [-0.25, -0.2) is 0 Å². The van der Waals surface area contributed by atoms with Crippen molar-refractivity contribution < 1.29 is 9.47 Å². The third kappa shape index (κ3) is 3.31. The van der Waals surface area contributed by atoms with Gasteiger partial charge < -0.3 is 15.2 Å². The fourth-order valence-corrected chi connectivity index (χ4v) is 2.44. The second kappa shape index (κ2) is 5.96. The molecule has 0 radical (unpaired) electrons. The Morgan fingerprint density at radius 2 is 2.00 bits per heavy atom. The van der Waals surface area contributed by atoms with Crippen LogP contribution in [0.15, 0.2) is 42.5 Å². The Hall–Kier alpha value is -1.71. The summed E-state index contributed by atoms with van der Waals surface area (Å²) in [6.45, 7) is 0. The van der Waals surface area contributed by atoms with Gasteiger partial charge in [-0.15, -0.1) is 0 Å². The zero-order chi connectivity index (χ0) is 14.8. The molecule has 0 bridgehead atoms. The second-order valence-electron chi connectivity index (χ2n) is 5.25. The summed E-state index contributed by atoms with van der Waals surface area (Å²) in [5.41, 5.74) is 8.28. The molecule has 2 N–H and O–H groups in total. The van der Waals surface area contributed by atoms with Crippen molar-refractivity contribution in [2.75, 3.05) is 7.11 Å². The van der Waals surface area contributed by atoms with E-state index in [0.29, 0.717) is 16.9 Å². The maximum Gasteiger partial charge on any atom is 0.125 e. The summed E-state index contributed by atoms with van der Waals surface area (Å²) in [6, 6.07) is 13.2. The summed E-state index contributed by atoms with van der Waals surface area (Å²) in [4.78, 5) is 0. The van der Waals surface area contributed by atoms with Crippen LogP contribution in [0.3, 0.4) is 0 Å². The maximum atomic E-state index is 6.38. The van der Waals surface area contributed by atoms with Crippen LogP contribution >= 0.6 is 11.6 Å². The van der Waals surface area contributed by atoms with E-state index in [-0.39, 0.29) is 6.04 Å². The van der Waals surface area contributed by atoms with E-state index < -0.39 is 0 Å². The highest BCUT2D eigenvalue weighted by Crippen LogP contribution is 2.33. The molecule has 1 atom stereocenters. The van der Waals surface area contributed by atoms with Gasteiger partial charge in [0.15, 0.2) is 0 Å². The predicted molar refractivity (Wildman–Crippen MR) is 84.1 cm³/mol. The molecule has 2 aromatic rings. The van der Waals surface area contributed by atoms with Gasteiger partial charge in [0.25, 0.3) is 0 Å². The molecule has 0 spiro atoms. The van der Waals surface area contributed by atoms with E-state index >= 15 is 0 Å². The van der Waals surface area contributed by atoms with Crippen LogP contribution in [-0.2, 0) is 0 Å².